The summed E-state index contributed by atoms with van der Waals surface area (Å²) in [6, 6.07) is 14.4. The van der Waals surface area contributed by atoms with E-state index < -0.39 is 6.10 Å². The number of aliphatic hydroxyl groups is 1. The molecule has 0 heterocycles. The summed E-state index contributed by atoms with van der Waals surface area (Å²) in [7, 11) is 0. The normalized spacial score (nSPS) is 12.4. The van der Waals surface area contributed by atoms with E-state index in [9.17, 15) is 5.11 Å². The maximum atomic E-state index is 10.3. The third kappa shape index (κ3) is 3.21. The SMILES string of the molecule is Cc1ccc(CC(O)c2cc(C)ccc2Br)cc1. The first-order chi connectivity index (χ1) is 8.56. The van der Waals surface area contributed by atoms with Crippen LogP contribution in [0, 0.1) is 13.8 Å². The number of rotatable bonds is 3. The van der Waals surface area contributed by atoms with Gasteiger partial charge >= 0.3 is 0 Å². The van der Waals surface area contributed by atoms with Crippen molar-refractivity contribution in [1.82, 2.24) is 0 Å². The van der Waals surface area contributed by atoms with Crippen LogP contribution in [0.3, 0.4) is 0 Å². The second kappa shape index (κ2) is 5.68. The van der Waals surface area contributed by atoms with E-state index in [1.54, 1.807) is 0 Å². The molecule has 1 atom stereocenters. The Balaban J connectivity index is 2.18. The lowest BCUT2D eigenvalue weighted by Crippen LogP contribution is -2.03. The number of aryl methyl sites for hydroxylation is 2. The van der Waals surface area contributed by atoms with Gasteiger partial charge in [-0.1, -0.05) is 63.5 Å². The van der Waals surface area contributed by atoms with Crippen molar-refractivity contribution in [3.8, 4) is 0 Å². The molecular weight excluding hydrogens is 288 g/mol. The second-order valence-electron chi connectivity index (χ2n) is 4.73. The standard InChI is InChI=1S/C16H17BrO/c1-11-3-6-13(7-4-11)10-16(18)14-9-12(2)5-8-15(14)17/h3-9,16,18H,10H2,1-2H3. The van der Waals surface area contributed by atoms with Crippen LogP contribution < -0.4 is 0 Å². The van der Waals surface area contributed by atoms with Crippen LogP contribution in [0.1, 0.15) is 28.4 Å². The first-order valence-electron chi connectivity index (χ1n) is 6.06. The van der Waals surface area contributed by atoms with E-state index in [1.807, 2.05) is 25.1 Å². The molecule has 2 aromatic rings. The van der Waals surface area contributed by atoms with Crippen molar-refractivity contribution in [1.29, 1.82) is 0 Å². The molecule has 0 saturated heterocycles. The summed E-state index contributed by atoms with van der Waals surface area (Å²) < 4.78 is 0.965. The maximum absolute atomic E-state index is 10.3. The number of hydrogen-bond donors (Lipinski definition) is 1. The zero-order valence-corrected chi connectivity index (χ0v) is 12.2. The average Bonchev–Trinajstić information content (AvgIpc) is 2.35. The average molecular weight is 305 g/mol. The summed E-state index contributed by atoms with van der Waals surface area (Å²) in [4.78, 5) is 0. The molecule has 0 aromatic heterocycles. The van der Waals surface area contributed by atoms with Crippen molar-refractivity contribution in [2.45, 2.75) is 26.4 Å². The van der Waals surface area contributed by atoms with Crippen LogP contribution in [-0.2, 0) is 6.42 Å². The maximum Gasteiger partial charge on any atom is 0.0841 e. The summed E-state index contributed by atoms with van der Waals surface area (Å²) in [6.07, 6.45) is 0.171. The molecule has 1 N–H and O–H groups in total. The van der Waals surface area contributed by atoms with Crippen LogP contribution in [0.4, 0.5) is 0 Å². The Morgan fingerprint density at radius 3 is 2.28 bits per heavy atom. The van der Waals surface area contributed by atoms with Gasteiger partial charge < -0.3 is 5.11 Å². The monoisotopic (exact) mass is 304 g/mol. The van der Waals surface area contributed by atoms with Gasteiger partial charge in [0.2, 0.25) is 0 Å². The van der Waals surface area contributed by atoms with Crippen molar-refractivity contribution in [3.05, 3.63) is 69.2 Å². The van der Waals surface area contributed by atoms with E-state index in [2.05, 4.69) is 47.1 Å². The Hall–Kier alpha value is -1.12. The minimum absolute atomic E-state index is 0.470. The highest BCUT2D eigenvalue weighted by molar-refractivity contribution is 9.10. The lowest BCUT2D eigenvalue weighted by molar-refractivity contribution is 0.177. The van der Waals surface area contributed by atoms with Crippen molar-refractivity contribution < 1.29 is 5.11 Å². The molecular formula is C16H17BrO. The second-order valence-corrected chi connectivity index (χ2v) is 5.58. The largest absolute Gasteiger partial charge is 0.388 e. The first kappa shape index (κ1) is 13.3. The Labute approximate surface area is 117 Å². The zero-order valence-electron chi connectivity index (χ0n) is 10.7. The molecule has 1 unspecified atom stereocenters. The van der Waals surface area contributed by atoms with Gasteiger partial charge in [0.25, 0.3) is 0 Å². The highest BCUT2D eigenvalue weighted by Crippen LogP contribution is 2.27. The van der Waals surface area contributed by atoms with E-state index in [0.29, 0.717) is 6.42 Å². The van der Waals surface area contributed by atoms with Crippen LogP contribution in [-0.4, -0.2) is 5.11 Å². The minimum Gasteiger partial charge on any atom is -0.388 e. The lowest BCUT2D eigenvalue weighted by atomic mass is 9.99. The molecule has 1 nitrogen and oxygen atoms in total. The molecule has 0 fully saturated rings. The van der Waals surface area contributed by atoms with Gasteiger partial charge in [0.05, 0.1) is 6.10 Å². The number of hydrogen-bond acceptors (Lipinski definition) is 1. The smallest absolute Gasteiger partial charge is 0.0841 e. The third-order valence-electron chi connectivity index (χ3n) is 3.06. The summed E-state index contributed by atoms with van der Waals surface area (Å²) in [5, 5.41) is 10.3. The zero-order chi connectivity index (χ0) is 13.1. The van der Waals surface area contributed by atoms with Crippen molar-refractivity contribution in [2.24, 2.45) is 0 Å². The number of halogens is 1. The van der Waals surface area contributed by atoms with Gasteiger partial charge in [-0.25, -0.2) is 0 Å². The summed E-state index contributed by atoms with van der Waals surface area (Å²) >= 11 is 3.50. The molecule has 2 rings (SSSR count). The molecule has 0 radical (unpaired) electrons. The molecule has 2 aromatic carbocycles. The Morgan fingerprint density at radius 1 is 1.00 bits per heavy atom. The molecule has 0 aliphatic carbocycles. The molecule has 0 aliphatic heterocycles. The fourth-order valence-corrected chi connectivity index (χ4v) is 2.49. The van der Waals surface area contributed by atoms with Crippen LogP contribution in [0.5, 0.6) is 0 Å². The van der Waals surface area contributed by atoms with Gasteiger partial charge in [-0.2, -0.15) is 0 Å². The Morgan fingerprint density at radius 2 is 1.61 bits per heavy atom. The predicted octanol–water partition coefficient (Wildman–Crippen LogP) is 4.34. The van der Waals surface area contributed by atoms with Gasteiger partial charge in [-0.15, -0.1) is 0 Å². The highest BCUT2D eigenvalue weighted by Gasteiger charge is 2.12. The highest BCUT2D eigenvalue weighted by atomic mass is 79.9. The quantitative estimate of drug-likeness (QED) is 0.894. The molecule has 94 valence electrons. The molecule has 18 heavy (non-hydrogen) atoms. The summed E-state index contributed by atoms with van der Waals surface area (Å²) in [5.41, 5.74) is 4.51. The first-order valence-corrected chi connectivity index (χ1v) is 6.85. The van der Waals surface area contributed by atoms with Gasteiger partial charge in [-0.3, -0.25) is 0 Å². The molecule has 2 heteroatoms. The lowest BCUT2D eigenvalue weighted by Gasteiger charge is -2.14. The van der Waals surface area contributed by atoms with E-state index in [4.69, 9.17) is 0 Å². The van der Waals surface area contributed by atoms with E-state index in [1.165, 1.54) is 5.56 Å². The van der Waals surface area contributed by atoms with E-state index in [-0.39, 0.29) is 0 Å². The van der Waals surface area contributed by atoms with Gasteiger partial charge in [0, 0.05) is 10.9 Å². The fraction of sp³-hybridized carbons (Fsp3) is 0.250. The van der Waals surface area contributed by atoms with Crippen LogP contribution in [0.25, 0.3) is 0 Å². The fourth-order valence-electron chi connectivity index (χ4n) is 1.98. The molecule has 0 saturated carbocycles. The number of aliphatic hydroxyl groups excluding tert-OH is 1. The van der Waals surface area contributed by atoms with Crippen LogP contribution in [0.15, 0.2) is 46.9 Å². The molecule has 0 amide bonds. The summed E-state index contributed by atoms with van der Waals surface area (Å²) in [5.74, 6) is 0. The van der Waals surface area contributed by atoms with Crippen molar-refractivity contribution >= 4 is 15.9 Å². The Kier molecular flexibility index (Phi) is 4.20. The topological polar surface area (TPSA) is 20.2 Å². The number of benzene rings is 2. The van der Waals surface area contributed by atoms with Gasteiger partial charge in [0.1, 0.15) is 0 Å². The Bertz CT molecular complexity index is 531. The predicted molar refractivity (Wildman–Crippen MR) is 78.7 cm³/mol. The van der Waals surface area contributed by atoms with Crippen LogP contribution in [0.2, 0.25) is 0 Å². The summed E-state index contributed by atoms with van der Waals surface area (Å²) in [6.45, 7) is 4.10. The third-order valence-corrected chi connectivity index (χ3v) is 3.78. The van der Waals surface area contributed by atoms with Gasteiger partial charge in [0.15, 0.2) is 0 Å². The van der Waals surface area contributed by atoms with Crippen LogP contribution >= 0.6 is 15.9 Å². The molecule has 0 aliphatic rings. The van der Waals surface area contributed by atoms with E-state index in [0.717, 1.165) is 21.2 Å². The van der Waals surface area contributed by atoms with Crippen molar-refractivity contribution in [3.63, 3.8) is 0 Å². The van der Waals surface area contributed by atoms with E-state index >= 15 is 0 Å². The van der Waals surface area contributed by atoms with Crippen molar-refractivity contribution in [2.75, 3.05) is 0 Å². The minimum atomic E-state index is -0.470. The van der Waals surface area contributed by atoms with Gasteiger partial charge in [-0.05, 0) is 31.0 Å². The molecule has 0 spiro atoms. The molecule has 0 bridgehead atoms.